The van der Waals surface area contributed by atoms with Gasteiger partial charge in [-0.1, -0.05) is 35.5 Å². The Morgan fingerprint density at radius 1 is 1.24 bits per heavy atom. The van der Waals surface area contributed by atoms with E-state index >= 15 is 0 Å². The number of hydrogen-bond donors (Lipinski definition) is 2. The number of carbonyl (C=O) groups excluding carboxylic acids is 1. The molecule has 0 spiro atoms. The maximum atomic E-state index is 11.8. The van der Waals surface area contributed by atoms with Crippen LogP contribution in [0.1, 0.15) is 23.8 Å². The van der Waals surface area contributed by atoms with E-state index in [4.69, 9.17) is 9.25 Å². The second-order valence-corrected chi connectivity index (χ2v) is 4.64. The highest BCUT2D eigenvalue weighted by Gasteiger charge is 2.26. The summed E-state index contributed by atoms with van der Waals surface area (Å²) in [6.45, 7) is 0.461. The number of furan rings is 1. The van der Waals surface area contributed by atoms with Gasteiger partial charge in [0.05, 0.1) is 12.7 Å². The van der Waals surface area contributed by atoms with Gasteiger partial charge in [0.25, 0.3) is 0 Å². The molecule has 0 radical (unpaired) electrons. The summed E-state index contributed by atoms with van der Waals surface area (Å²) in [4.78, 5) is 17.0. The molecule has 1 atom stereocenters. The van der Waals surface area contributed by atoms with Gasteiger partial charge in [0.15, 0.2) is 11.9 Å². The molecule has 21 heavy (non-hydrogen) atoms. The molecule has 2 aromatic rings. The highest BCUT2D eigenvalue weighted by molar-refractivity contribution is 5.97. The molecule has 1 unspecified atom stereocenters. The van der Waals surface area contributed by atoms with E-state index in [1.54, 1.807) is 12.3 Å². The Morgan fingerprint density at radius 2 is 2.10 bits per heavy atom. The summed E-state index contributed by atoms with van der Waals surface area (Å²) in [6, 6.07) is 13.0. The van der Waals surface area contributed by atoms with E-state index in [9.17, 15) is 4.79 Å². The fraction of sp³-hybridized carbons (Fsp3) is 0.200. The van der Waals surface area contributed by atoms with Crippen LogP contribution in [0.3, 0.4) is 0 Å². The minimum absolute atomic E-state index is 0.274. The molecule has 0 saturated heterocycles. The number of carbonyl (C=O) groups is 1. The van der Waals surface area contributed by atoms with Crippen LogP contribution < -0.4 is 10.6 Å². The number of rotatable bonds is 3. The zero-order chi connectivity index (χ0) is 14.5. The van der Waals surface area contributed by atoms with Crippen molar-refractivity contribution in [3.8, 4) is 0 Å². The van der Waals surface area contributed by atoms with Gasteiger partial charge in [0, 0.05) is 6.54 Å². The Kier molecular flexibility index (Phi) is 3.86. The molecule has 0 saturated carbocycles. The van der Waals surface area contributed by atoms with E-state index in [1.165, 1.54) is 0 Å². The largest absolute Gasteiger partial charge is 0.465 e. The fourth-order valence-corrected chi connectivity index (χ4v) is 2.03. The predicted octanol–water partition coefficient (Wildman–Crippen LogP) is 2.55. The first kappa shape index (κ1) is 13.2. The molecule has 2 N–H and O–H groups in total. The molecule has 1 aromatic carbocycles. The third-order valence-electron chi connectivity index (χ3n) is 3.08. The van der Waals surface area contributed by atoms with Gasteiger partial charge >= 0.3 is 6.03 Å². The van der Waals surface area contributed by atoms with Crippen molar-refractivity contribution < 1.29 is 14.0 Å². The van der Waals surface area contributed by atoms with Gasteiger partial charge in [0.1, 0.15) is 5.76 Å². The van der Waals surface area contributed by atoms with Gasteiger partial charge in [-0.25, -0.2) is 4.79 Å². The van der Waals surface area contributed by atoms with E-state index in [0.29, 0.717) is 24.6 Å². The highest BCUT2D eigenvalue weighted by Crippen LogP contribution is 2.26. The van der Waals surface area contributed by atoms with Crippen molar-refractivity contribution in [2.45, 2.75) is 19.1 Å². The summed E-state index contributed by atoms with van der Waals surface area (Å²) in [5.74, 6) is 1.18. The lowest BCUT2D eigenvalue weighted by molar-refractivity contribution is 0.0688. The monoisotopic (exact) mass is 285 g/mol. The van der Waals surface area contributed by atoms with Crippen molar-refractivity contribution in [3.05, 3.63) is 60.1 Å². The van der Waals surface area contributed by atoms with Crippen molar-refractivity contribution in [2.24, 2.45) is 5.16 Å². The quantitative estimate of drug-likeness (QED) is 0.910. The smallest absolute Gasteiger partial charge is 0.320 e. The average molecular weight is 285 g/mol. The Balaban J connectivity index is 1.46. The molecule has 0 bridgehead atoms. The number of hydrogen-bond acceptors (Lipinski definition) is 4. The molecule has 6 nitrogen and oxygen atoms in total. The van der Waals surface area contributed by atoms with Gasteiger partial charge in [-0.05, 0) is 17.7 Å². The van der Waals surface area contributed by atoms with Crippen LogP contribution in [0.5, 0.6) is 0 Å². The molecular weight excluding hydrogens is 270 g/mol. The summed E-state index contributed by atoms with van der Waals surface area (Å²) < 4.78 is 5.25. The van der Waals surface area contributed by atoms with Crippen molar-refractivity contribution in [1.29, 1.82) is 0 Å². The first-order chi connectivity index (χ1) is 10.3. The SMILES string of the molecule is O=C(NCc1ccccc1)NC1=NOC(c2ccco2)C1. The van der Waals surface area contributed by atoms with Gasteiger partial charge in [-0.2, -0.15) is 0 Å². The summed E-state index contributed by atoms with van der Waals surface area (Å²) in [6.07, 6.45) is 1.78. The fourth-order valence-electron chi connectivity index (χ4n) is 2.03. The Hall–Kier alpha value is -2.76. The number of oxime groups is 1. The summed E-state index contributed by atoms with van der Waals surface area (Å²) in [7, 11) is 0. The minimum atomic E-state index is -0.304. The molecule has 3 rings (SSSR count). The molecule has 2 amide bonds. The maximum Gasteiger partial charge on any atom is 0.320 e. The summed E-state index contributed by atoms with van der Waals surface area (Å²) in [5, 5.41) is 9.29. The molecular formula is C15H15N3O3. The molecule has 6 heteroatoms. The Labute approximate surface area is 121 Å². The first-order valence-corrected chi connectivity index (χ1v) is 6.66. The summed E-state index contributed by atoms with van der Waals surface area (Å²) in [5.41, 5.74) is 1.03. The van der Waals surface area contributed by atoms with Crippen LogP contribution in [0, 0.1) is 0 Å². The first-order valence-electron chi connectivity index (χ1n) is 6.66. The van der Waals surface area contributed by atoms with Crippen LogP contribution in [-0.2, 0) is 11.4 Å². The van der Waals surface area contributed by atoms with Crippen LogP contribution in [0.4, 0.5) is 4.79 Å². The van der Waals surface area contributed by atoms with Crippen LogP contribution in [0.15, 0.2) is 58.3 Å². The molecule has 1 aromatic heterocycles. The standard InChI is InChI=1S/C15H15N3O3/c19-15(16-10-11-5-2-1-3-6-11)17-14-9-13(21-18-14)12-7-4-8-20-12/h1-8,13H,9-10H2,(H2,16,17,18,19). The predicted molar refractivity (Wildman–Crippen MR) is 76.4 cm³/mol. The Bertz CT molecular complexity index is 623. The van der Waals surface area contributed by atoms with E-state index < -0.39 is 0 Å². The Morgan fingerprint density at radius 3 is 2.86 bits per heavy atom. The van der Waals surface area contributed by atoms with Crippen LogP contribution >= 0.6 is 0 Å². The number of amides is 2. The number of benzene rings is 1. The molecule has 0 aliphatic carbocycles. The van der Waals surface area contributed by atoms with E-state index in [2.05, 4.69) is 15.8 Å². The second kappa shape index (κ2) is 6.13. The van der Waals surface area contributed by atoms with Gasteiger partial charge in [0.2, 0.25) is 0 Å². The molecule has 0 fully saturated rings. The lowest BCUT2D eigenvalue weighted by Gasteiger charge is -2.06. The zero-order valence-corrected chi connectivity index (χ0v) is 11.3. The molecule has 108 valence electrons. The van der Waals surface area contributed by atoms with Crippen molar-refractivity contribution >= 4 is 11.9 Å². The van der Waals surface area contributed by atoms with Gasteiger partial charge < -0.3 is 14.6 Å². The van der Waals surface area contributed by atoms with E-state index in [-0.39, 0.29) is 12.1 Å². The zero-order valence-electron chi connectivity index (χ0n) is 11.3. The van der Waals surface area contributed by atoms with Crippen molar-refractivity contribution in [3.63, 3.8) is 0 Å². The van der Waals surface area contributed by atoms with Crippen LogP contribution in [0.25, 0.3) is 0 Å². The van der Waals surface area contributed by atoms with E-state index in [1.807, 2.05) is 36.4 Å². The third kappa shape index (κ3) is 3.42. The minimum Gasteiger partial charge on any atom is -0.465 e. The lowest BCUT2D eigenvalue weighted by Crippen LogP contribution is -2.38. The summed E-state index contributed by atoms with van der Waals surface area (Å²) >= 11 is 0. The second-order valence-electron chi connectivity index (χ2n) is 4.64. The number of amidine groups is 1. The maximum absolute atomic E-state index is 11.8. The number of urea groups is 1. The molecule has 2 heterocycles. The lowest BCUT2D eigenvalue weighted by atomic mass is 10.2. The molecule has 1 aliphatic rings. The van der Waals surface area contributed by atoms with Crippen LogP contribution in [-0.4, -0.2) is 11.9 Å². The van der Waals surface area contributed by atoms with Crippen molar-refractivity contribution in [1.82, 2.24) is 10.6 Å². The average Bonchev–Trinajstić information content (AvgIpc) is 3.17. The van der Waals surface area contributed by atoms with Gasteiger partial charge in [-0.3, -0.25) is 5.32 Å². The highest BCUT2D eigenvalue weighted by atomic mass is 16.6. The number of nitrogens with one attached hydrogen (secondary N) is 2. The van der Waals surface area contributed by atoms with Crippen molar-refractivity contribution in [2.75, 3.05) is 0 Å². The van der Waals surface area contributed by atoms with E-state index in [0.717, 1.165) is 5.56 Å². The van der Waals surface area contributed by atoms with Gasteiger partial charge in [-0.15, -0.1) is 0 Å². The number of nitrogens with zero attached hydrogens (tertiary/aromatic N) is 1. The molecule has 1 aliphatic heterocycles. The normalized spacial score (nSPS) is 17.0. The van der Waals surface area contributed by atoms with Crippen LogP contribution in [0.2, 0.25) is 0 Å². The third-order valence-corrected chi connectivity index (χ3v) is 3.08. The topological polar surface area (TPSA) is 75.9 Å².